The van der Waals surface area contributed by atoms with Crippen molar-refractivity contribution in [3.8, 4) is 0 Å². The molecule has 4 aromatic heterocycles. The number of H-pyrrole nitrogens is 1. The lowest BCUT2D eigenvalue weighted by atomic mass is 9.80. The lowest BCUT2D eigenvalue weighted by Crippen LogP contribution is -2.24. The van der Waals surface area contributed by atoms with E-state index in [1.54, 1.807) is 29.0 Å². The molecule has 2 aliphatic carbocycles. The Morgan fingerprint density at radius 3 is 1.98 bits per heavy atom. The summed E-state index contributed by atoms with van der Waals surface area (Å²) in [6.07, 6.45) is 10.3. The van der Waals surface area contributed by atoms with E-state index in [9.17, 15) is 14.4 Å². The molecule has 0 bridgehead atoms. The van der Waals surface area contributed by atoms with Gasteiger partial charge in [-0.1, -0.05) is 11.6 Å². The second-order valence-corrected chi connectivity index (χ2v) is 10.8. The number of nitrogens with zero attached hydrogens (tertiary/aromatic N) is 5. The molecular weight excluding hydrogens is 536 g/mol. The summed E-state index contributed by atoms with van der Waals surface area (Å²) in [5.74, 6) is 0.411. The summed E-state index contributed by atoms with van der Waals surface area (Å²) in [5.41, 5.74) is 3.14. The Morgan fingerprint density at radius 1 is 0.850 bits per heavy atom. The standard InChI is InChI=1S/C14H16ClN3O2.C14H17N3O3/c1-20-14(19)10-4-2-9(3-5-10)11-8-12(15)18-13(17-11)6-7-16-18;1-20-14(19)10-4-2-9(3-5-10)11-8-13(18)17-12(16-11)6-7-15-17/h6-10H,2-5H2,1H3;6-10,15H,2-5H2,1H3. The summed E-state index contributed by atoms with van der Waals surface area (Å²) in [6, 6.07) is 7.10. The van der Waals surface area contributed by atoms with Crippen molar-refractivity contribution in [3.63, 3.8) is 0 Å². The fourth-order valence-corrected chi connectivity index (χ4v) is 6.08. The van der Waals surface area contributed by atoms with Gasteiger partial charge in [0.2, 0.25) is 0 Å². The van der Waals surface area contributed by atoms with Crippen molar-refractivity contribution in [1.29, 1.82) is 0 Å². The van der Waals surface area contributed by atoms with Crippen molar-refractivity contribution in [2.75, 3.05) is 14.2 Å². The molecule has 2 saturated carbocycles. The average Bonchev–Trinajstić information content (AvgIpc) is 3.67. The van der Waals surface area contributed by atoms with E-state index in [-0.39, 0.29) is 35.3 Å². The number of rotatable bonds is 4. The zero-order valence-corrected chi connectivity index (χ0v) is 23.3. The molecule has 0 amide bonds. The van der Waals surface area contributed by atoms with Crippen LogP contribution in [0, 0.1) is 11.8 Å². The number of hydrogen-bond donors (Lipinski definition) is 1. The van der Waals surface area contributed by atoms with Gasteiger partial charge in [-0.2, -0.15) is 5.10 Å². The molecule has 0 atom stereocenters. The van der Waals surface area contributed by atoms with Crippen molar-refractivity contribution in [3.05, 3.63) is 63.6 Å². The largest absolute Gasteiger partial charge is 0.469 e. The Labute approximate surface area is 235 Å². The second-order valence-electron chi connectivity index (χ2n) is 10.4. The molecule has 6 rings (SSSR count). The number of halogens is 1. The first-order valence-electron chi connectivity index (χ1n) is 13.6. The number of ether oxygens (including phenoxy) is 2. The molecule has 0 unspecified atom stereocenters. The second kappa shape index (κ2) is 12.2. The molecule has 0 radical (unpaired) electrons. The van der Waals surface area contributed by atoms with Gasteiger partial charge in [0.25, 0.3) is 5.56 Å². The first kappa shape index (κ1) is 27.8. The number of fused-ring (bicyclic) bond motifs is 2. The molecule has 212 valence electrons. The molecule has 0 spiro atoms. The summed E-state index contributed by atoms with van der Waals surface area (Å²) in [7, 11) is 2.88. The Kier molecular flexibility index (Phi) is 8.49. The zero-order chi connectivity index (χ0) is 28.2. The molecule has 1 N–H and O–H groups in total. The summed E-state index contributed by atoms with van der Waals surface area (Å²) in [6.45, 7) is 0. The lowest BCUT2D eigenvalue weighted by Gasteiger charge is -2.26. The van der Waals surface area contributed by atoms with E-state index in [1.165, 1.54) is 18.7 Å². The van der Waals surface area contributed by atoms with Crippen molar-refractivity contribution in [2.24, 2.45) is 11.8 Å². The fourth-order valence-electron chi connectivity index (χ4n) is 5.84. The highest BCUT2D eigenvalue weighted by molar-refractivity contribution is 6.29. The van der Waals surface area contributed by atoms with E-state index >= 15 is 0 Å². The number of aromatic nitrogens is 6. The molecule has 4 aromatic rings. The minimum absolute atomic E-state index is 0.00617. The van der Waals surface area contributed by atoms with Gasteiger partial charge in [0.05, 0.1) is 37.9 Å². The predicted octanol–water partition coefficient (Wildman–Crippen LogP) is 4.30. The fraction of sp³-hybridized carbons (Fsp3) is 0.500. The number of carbonyl (C=O) groups is 2. The Balaban J connectivity index is 0.000000161. The molecule has 11 nitrogen and oxygen atoms in total. The topological polar surface area (TPSA) is 133 Å². The van der Waals surface area contributed by atoms with Gasteiger partial charge in [-0.3, -0.25) is 19.5 Å². The highest BCUT2D eigenvalue weighted by Crippen LogP contribution is 2.37. The number of esters is 2. The maximum atomic E-state index is 11.9. The van der Waals surface area contributed by atoms with E-state index in [0.29, 0.717) is 16.7 Å². The number of methoxy groups -OCH3 is 2. The van der Waals surface area contributed by atoms with Crippen LogP contribution in [0.4, 0.5) is 0 Å². The third-order valence-electron chi connectivity index (χ3n) is 8.10. The van der Waals surface area contributed by atoms with Crippen LogP contribution in [0.5, 0.6) is 0 Å². The van der Waals surface area contributed by atoms with Crippen molar-refractivity contribution in [2.45, 2.75) is 63.2 Å². The van der Waals surface area contributed by atoms with Gasteiger partial charge < -0.3 is 9.47 Å². The van der Waals surface area contributed by atoms with Gasteiger partial charge in [-0.25, -0.2) is 19.0 Å². The van der Waals surface area contributed by atoms with Crippen LogP contribution < -0.4 is 5.56 Å². The van der Waals surface area contributed by atoms with Crippen LogP contribution in [0.15, 0.2) is 41.5 Å². The molecule has 12 heteroatoms. The molecular formula is C28H33ClN6O5. The average molecular weight is 569 g/mol. The van der Waals surface area contributed by atoms with Crippen molar-refractivity contribution in [1.82, 2.24) is 29.2 Å². The summed E-state index contributed by atoms with van der Waals surface area (Å²) < 4.78 is 12.6. The third-order valence-corrected chi connectivity index (χ3v) is 8.37. The number of hydrogen-bond acceptors (Lipinski definition) is 8. The molecule has 40 heavy (non-hydrogen) atoms. The molecule has 0 aromatic carbocycles. The summed E-state index contributed by atoms with van der Waals surface area (Å²) in [4.78, 5) is 44.1. The van der Waals surface area contributed by atoms with E-state index in [4.69, 9.17) is 21.1 Å². The van der Waals surface area contributed by atoms with Gasteiger partial charge in [-0.05, 0) is 57.4 Å². The number of aromatic amines is 1. The van der Waals surface area contributed by atoms with E-state index in [0.717, 1.165) is 68.4 Å². The van der Waals surface area contributed by atoms with E-state index in [1.807, 2.05) is 12.1 Å². The minimum atomic E-state index is -0.127. The Morgan fingerprint density at radius 2 is 1.40 bits per heavy atom. The highest BCUT2D eigenvalue weighted by Gasteiger charge is 2.30. The van der Waals surface area contributed by atoms with Crippen molar-refractivity contribution >= 4 is 34.8 Å². The van der Waals surface area contributed by atoms with Crippen molar-refractivity contribution < 1.29 is 19.1 Å². The first-order chi connectivity index (χ1) is 19.4. The van der Waals surface area contributed by atoms with Crippen LogP contribution in [0.2, 0.25) is 5.15 Å². The van der Waals surface area contributed by atoms with Crippen LogP contribution in [-0.2, 0) is 19.1 Å². The molecule has 0 aliphatic heterocycles. The zero-order valence-electron chi connectivity index (χ0n) is 22.6. The van der Waals surface area contributed by atoms with Gasteiger partial charge in [0, 0.05) is 41.9 Å². The third kappa shape index (κ3) is 5.89. The highest BCUT2D eigenvalue weighted by atomic mass is 35.5. The molecule has 4 heterocycles. The van der Waals surface area contributed by atoms with Crippen LogP contribution in [-0.4, -0.2) is 55.4 Å². The monoisotopic (exact) mass is 568 g/mol. The SMILES string of the molecule is COC(=O)C1CCC(c2cc(=O)n3[nH]ccc3n2)CC1.COC(=O)C1CCC(c2cc(Cl)n3nccc3n2)CC1. The maximum Gasteiger partial charge on any atom is 0.308 e. The van der Waals surface area contributed by atoms with Gasteiger partial charge in [0.15, 0.2) is 11.3 Å². The normalized spacial score (nSPS) is 22.9. The number of nitrogens with one attached hydrogen (secondary N) is 1. The predicted molar refractivity (Wildman–Crippen MR) is 147 cm³/mol. The molecule has 0 saturated heterocycles. The molecule has 2 fully saturated rings. The quantitative estimate of drug-likeness (QED) is 0.284. The molecule has 2 aliphatic rings. The van der Waals surface area contributed by atoms with Crippen LogP contribution in [0.1, 0.15) is 74.6 Å². The smallest absolute Gasteiger partial charge is 0.308 e. The summed E-state index contributed by atoms with van der Waals surface area (Å²) in [5, 5.41) is 7.51. The van der Waals surface area contributed by atoms with Gasteiger partial charge >= 0.3 is 11.9 Å². The Bertz CT molecular complexity index is 1550. The van der Waals surface area contributed by atoms with E-state index in [2.05, 4.69) is 20.2 Å². The Hall–Kier alpha value is -3.73. The maximum absolute atomic E-state index is 11.9. The number of carbonyl (C=O) groups excluding carboxylic acids is 2. The van der Waals surface area contributed by atoms with Crippen LogP contribution in [0.3, 0.4) is 0 Å². The lowest BCUT2D eigenvalue weighted by molar-refractivity contribution is -0.147. The van der Waals surface area contributed by atoms with E-state index < -0.39 is 0 Å². The van der Waals surface area contributed by atoms with Crippen LogP contribution >= 0.6 is 11.6 Å². The summed E-state index contributed by atoms with van der Waals surface area (Å²) >= 11 is 6.21. The minimum Gasteiger partial charge on any atom is -0.469 e. The van der Waals surface area contributed by atoms with Crippen LogP contribution in [0.25, 0.3) is 11.3 Å². The van der Waals surface area contributed by atoms with Gasteiger partial charge in [0.1, 0.15) is 5.15 Å². The van der Waals surface area contributed by atoms with Gasteiger partial charge in [-0.15, -0.1) is 0 Å². The first-order valence-corrected chi connectivity index (χ1v) is 14.0.